The molecule has 0 aliphatic rings. The van der Waals surface area contributed by atoms with Crippen LogP contribution in [-0.4, -0.2) is 40.1 Å². The second-order valence-electron chi connectivity index (χ2n) is 4.70. The summed E-state index contributed by atoms with van der Waals surface area (Å²) in [5, 5.41) is 11.6. The van der Waals surface area contributed by atoms with Crippen molar-refractivity contribution in [3.05, 3.63) is 30.1 Å². The molecule has 20 heavy (non-hydrogen) atoms. The van der Waals surface area contributed by atoms with Gasteiger partial charge >= 0.3 is 12.0 Å². The molecule has 0 saturated carbocycles. The molecule has 1 rings (SSSR count). The lowest BCUT2D eigenvalue weighted by atomic mass is 10.1. The molecule has 0 aliphatic heterocycles. The number of hydrogen-bond donors (Lipinski definition) is 2. The molecule has 6 nitrogen and oxygen atoms in total. The number of amides is 2. The number of nitrogens with zero attached hydrogens (tertiary/aromatic N) is 2. The molecular weight excluding hydrogens is 258 g/mol. The Morgan fingerprint density at radius 1 is 1.50 bits per heavy atom. The standard InChI is InChI=1S/C14H21N3O3/c1-3-4-7-12(13(18)19)16-14(20)17(2)10-11-6-5-8-15-9-11/h5-6,8-9,12H,3-4,7,10H2,1-2H3,(H,16,20)(H,18,19)/t12-/m0/s1. The van der Waals surface area contributed by atoms with Gasteiger partial charge in [0.15, 0.2) is 0 Å². The highest BCUT2D eigenvalue weighted by molar-refractivity contribution is 5.82. The van der Waals surface area contributed by atoms with Crippen LogP contribution in [-0.2, 0) is 11.3 Å². The molecule has 0 spiro atoms. The quantitative estimate of drug-likeness (QED) is 0.798. The van der Waals surface area contributed by atoms with Crippen molar-refractivity contribution >= 4 is 12.0 Å². The van der Waals surface area contributed by atoms with E-state index in [1.165, 1.54) is 4.90 Å². The maximum Gasteiger partial charge on any atom is 0.326 e. The summed E-state index contributed by atoms with van der Waals surface area (Å²) in [6.07, 6.45) is 5.44. The number of carboxylic acid groups (broad SMARTS) is 1. The minimum Gasteiger partial charge on any atom is -0.480 e. The van der Waals surface area contributed by atoms with Gasteiger partial charge in [0.2, 0.25) is 0 Å². The number of nitrogens with one attached hydrogen (secondary N) is 1. The zero-order valence-corrected chi connectivity index (χ0v) is 11.9. The summed E-state index contributed by atoms with van der Waals surface area (Å²) in [7, 11) is 1.63. The van der Waals surface area contributed by atoms with E-state index in [1.807, 2.05) is 13.0 Å². The highest BCUT2D eigenvalue weighted by atomic mass is 16.4. The molecule has 0 aliphatic carbocycles. The summed E-state index contributed by atoms with van der Waals surface area (Å²) >= 11 is 0. The third-order valence-corrected chi connectivity index (χ3v) is 2.93. The van der Waals surface area contributed by atoms with E-state index in [0.29, 0.717) is 13.0 Å². The monoisotopic (exact) mass is 279 g/mol. The van der Waals surface area contributed by atoms with Crippen LogP contribution in [0.25, 0.3) is 0 Å². The number of aliphatic carboxylic acids is 1. The summed E-state index contributed by atoms with van der Waals surface area (Å²) < 4.78 is 0. The molecule has 1 aromatic heterocycles. The molecule has 1 aromatic rings. The van der Waals surface area contributed by atoms with E-state index >= 15 is 0 Å². The van der Waals surface area contributed by atoms with Crippen molar-refractivity contribution in [1.82, 2.24) is 15.2 Å². The zero-order valence-electron chi connectivity index (χ0n) is 11.9. The van der Waals surface area contributed by atoms with Crippen molar-refractivity contribution in [3.63, 3.8) is 0 Å². The van der Waals surface area contributed by atoms with Crippen molar-refractivity contribution < 1.29 is 14.7 Å². The Morgan fingerprint density at radius 3 is 2.80 bits per heavy atom. The van der Waals surface area contributed by atoms with Crippen molar-refractivity contribution in [2.45, 2.75) is 38.8 Å². The van der Waals surface area contributed by atoms with Crippen LogP contribution in [0.1, 0.15) is 31.7 Å². The van der Waals surface area contributed by atoms with Gasteiger partial charge in [-0.25, -0.2) is 9.59 Å². The van der Waals surface area contributed by atoms with Crippen LogP contribution in [0.15, 0.2) is 24.5 Å². The normalized spacial score (nSPS) is 11.7. The molecule has 0 radical (unpaired) electrons. The Kier molecular flexibility index (Phi) is 6.49. The van der Waals surface area contributed by atoms with E-state index in [1.54, 1.807) is 25.5 Å². The predicted octanol–water partition coefficient (Wildman–Crippen LogP) is 1.87. The lowest BCUT2D eigenvalue weighted by Gasteiger charge is -2.21. The lowest BCUT2D eigenvalue weighted by molar-refractivity contribution is -0.139. The Hall–Kier alpha value is -2.11. The van der Waals surface area contributed by atoms with E-state index in [9.17, 15) is 9.59 Å². The van der Waals surface area contributed by atoms with Crippen molar-refractivity contribution in [2.24, 2.45) is 0 Å². The van der Waals surface area contributed by atoms with Crippen LogP contribution in [0.4, 0.5) is 4.79 Å². The summed E-state index contributed by atoms with van der Waals surface area (Å²) in [5.41, 5.74) is 0.894. The van der Waals surface area contributed by atoms with Gasteiger partial charge in [0.25, 0.3) is 0 Å². The first kappa shape index (κ1) is 15.9. The van der Waals surface area contributed by atoms with E-state index in [0.717, 1.165) is 18.4 Å². The first-order valence-electron chi connectivity index (χ1n) is 6.68. The Bertz CT molecular complexity index is 437. The van der Waals surface area contributed by atoms with Gasteiger partial charge in [-0.1, -0.05) is 25.8 Å². The Labute approximate surface area is 118 Å². The number of aromatic nitrogens is 1. The fraction of sp³-hybridized carbons (Fsp3) is 0.500. The second kappa shape index (κ2) is 8.14. The number of pyridine rings is 1. The highest BCUT2D eigenvalue weighted by Crippen LogP contribution is 2.04. The van der Waals surface area contributed by atoms with Crippen LogP contribution in [0, 0.1) is 0 Å². The maximum absolute atomic E-state index is 12.0. The fourth-order valence-electron chi connectivity index (χ4n) is 1.76. The fourth-order valence-corrected chi connectivity index (χ4v) is 1.76. The van der Waals surface area contributed by atoms with Gasteiger partial charge < -0.3 is 15.3 Å². The minimum absolute atomic E-state index is 0.389. The van der Waals surface area contributed by atoms with E-state index < -0.39 is 18.0 Å². The Morgan fingerprint density at radius 2 is 2.25 bits per heavy atom. The van der Waals surface area contributed by atoms with Gasteiger partial charge in [0.1, 0.15) is 6.04 Å². The predicted molar refractivity (Wildman–Crippen MR) is 75.2 cm³/mol. The van der Waals surface area contributed by atoms with Crippen molar-refractivity contribution in [1.29, 1.82) is 0 Å². The topological polar surface area (TPSA) is 82.5 Å². The van der Waals surface area contributed by atoms with Crippen molar-refractivity contribution in [3.8, 4) is 0 Å². The van der Waals surface area contributed by atoms with E-state index in [2.05, 4.69) is 10.3 Å². The van der Waals surface area contributed by atoms with Gasteiger partial charge in [-0.15, -0.1) is 0 Å². The van der Waals surface area contributed by atoms with Gasteiger partial charge in [-0.3, -0.25) is 4.98 Å². The second-order valence-corrected chi connectivity index (χ2v) is 4.70. The molecular formula is C14H21N3O3. The van der Waals surface area contributed by atoms with Crippen molar-refractivity contribution in [2.75, 3.05) is 7.05 Å². The molecule has 0 saturated heterocycles. The first-order chi connectivity index (χ1) is 9.54. The summed E-state index contributed by atoms with van der Waals surface area (Å²) in [5.74, 6) is -0.999. The van der Waals surface area contributed by atoms with Crippen LogP contribution in [0.2, 0.25) is 0 Å². The van der Waals surface area contributed by atoms with Gasteiger partial charge in [0, 0.05) is 26.0 Å². The molecule has 0 bridgehead atoms. The van der Waals surface area contributed by atoms with Crippen LogP contribution < -0.4 is 5.32 Å². The molecule has 1 atom stereocenters. The number of carboxylic acids is 1. The summed E-state index contributed by atoms with van der Waals surface area (Å²) in [4.78, 5) is 28.5. The first-order valence-corrected chi connectivity index (χ1v) is 6.68. The van der Waals surface area contributed by atoms with E-state index in [4.69, 9.17) is 5.11 Å². The molecule has 2 amide bonds. The minimum atomic E-state index is -0.999. The smallest absolute Gasteiger partial charge is 0.326 e. The van der Waals surface area contributed by atoms with Crippen LogP contribution in [0.3, 0.4) is 0 Å². The van der Waals surface area contributed by atoms with Gasteiger partial charge in [0.05, 0.1) is 0 Å². The number of hydrogen-bond acceptors (Lipinski definition) is 3. The SMILES string of the molecule is CCCC[C@H](NC(=O)N(C)Cc1cccnc1)C(=O)O. The molecule has 1 heterocycles. The lowest BCUT2D eigenvalue weighted by Crippen LogP contribution is -2.46. The molecule has 110 valence electrons. The maximum atomic E-state index is 12.0. The molecule has 6 heteroatoms. The van der Waals surface area contributed by atoms with Gasteiger partial charge in [-0.2, -0.15) is 0 Å². The Balaban J connectivity index is 2.53. The molecule has 0 aromatic carbocycles. The zero-order chi connectivity index (χ0) is 15.0. The number of rotatable bonds is 7. The summed E-state index contributed by atoms with van der Waals surface area (Å²) in [6, 6.07) is 2.43. The molecule has 0 fully saturated rings. The molecule has 2 N–H and O–H groups in total. The number of unbranched alkanes of at least 4 members (excludes halogenated alkanes) is 1. The molecule has 0 unspecified atom stereocenters. The van der Waals surface area contributed by atoms with Gasteiger partial charge in [-0.05, 0) is 18.1 Å². The number of urea groups is 1. The average molecular weight is 279 g/mol. The number of carbonyl (C=O) groups is 2. The third-order valence-electron chi connectivity index (χ3n) is 2.93. The van der Waals surface area contributed by atoms with Crippen LogP contribution in [0.5, 0.6) is 0 Å². The average Bonchev–Trinajstić information content (AvgIpc) is 2.43. The highest BCUT2D eigenvalue weighted by Gasteiger charge is 2.21. The summed E-state index contributed by atoms with van der Waals surface area (Å²) in [6.45, 7) is 2.37. The largest absolute Gasteiger partial charge is 0.480 e. The van der Waals surface area contributed by atoms with Crippen LogP contribution >= 0.6 is 0 Å². The third kappa shape index (κ3) is 5.26. The van der Waals surface area contributed by atoms with E-state index in [-0.39, 0.29) is 0 Å². The number of carbonyl (C=O) groups excluding carboxylic acids is 1.